The van der Waals surface area contributed by atoms with Gasteiger partial charge < -0.3 is 9.64 Å². The normalized spacial score (nSPS) is 14.4. The molecule has 0 bridgehead atoms. The van der Waals surface area contributed by atoms with Crippen LogP contribution in [0, 0.1) is 13.8 Å². The molecule has 0 aliphatic carbocycles. The predicted octanol–water partition coefficient (Wildman–Crippen LogP) is 1.48. The predicted molar refractivity (Wildman–Crippen MR) is 64.5 cm³/mol. The molecule has 0 spiro atoms. The van der Waals surface area contributed by atoms with E-state index in [1.54, 1.807) is 7.11 Å². The summed E-state index contributed by atoms with van der Waals surface area (Å²) in [7, 11) is 1.58. The molecule has 0 saturated carbocycles. The average Bonchev–Trinajstić information content (AvgIpc) is 2.56. The number of fused-ring (bicyclic) bond motifs is 1. The molecule has 4 heteroatoms. The molecule has 0 atom stereocenters. The number of carbonyl (C=O) groups excluding carboxylic acids is 2. The second-order valence-corrected chi connectivity index (χ2v) is 4.20. The summed E-state index contributed by atoms with van der Waals surface area (Å²) in [6, 6.07) is 3.80. The minimum Gasteiger partial charge on any atom is -0.383 e. The first-order valence-corrected chi connectivity index (χ1v) is 5.53. The zero-order valence-corrected chi connectivity index (χ0v) is 10.2. The monoisotopic (exact) mass is 233 g/mol. The van der Waals surface area contributed by atoms with E-state index >= 15 is 0 Å². The van der Waals surface area contributed by atoms with Gasteiger partial charge in [0.25, 0.3) is 11.7 Å². The largest absolute Gasteiger partial charge is 0.383 e. The second-order valence-electron chi connectivity index (χ2n) is 4.20. The van der Waals surface area contributed by atoms with Gasteiger partial charge in [0.15, 0.2) is 0 Å². The van der Waals surface area contributed by atoms with Gasteiger partial charge >= 0.3 is 0 Å². The number of ketones is 1. The highest BCUT2D eigenvalue weighted by Crippen LogP contribution is 2.34. The van der Waals surface area contributed by atoms with Gasteiger partial charge in [0.1, 0.15) is 0 Å². The Morgan fingerprint density at radius 2 is 1.82 bits per heavy atom. The Morgan fingerprint density at radius 1 is 1.18 bits per heavy atom. The zero-order valence-electron chi connectivity index (χ0n) is 10.2. The van der Waals surface area contributed by atoms with Crippen LogP contribution in [-0.2, 0) is 9.53 Å². The van der Waals surface area contributed by atoms with Crippen LogP contribution < -0.4 is 4.90 Å². The Bertz CT molecular complexity index is 494. The van der Waals surface area contributed by atoms with Crippen molar-refractivity contribution in [3.63, 3.8) is 0 Å². The Morgan fingerprint density at radius 3 is 2.47 bits per heavy atom. The molecular formula is C13H15NO3. The van der Waals surface area contributed by atoms with E-state index in [4.69, 9.17) is 4.74 Å². The van der Waals surface area contributed by atoms with Crippen molar-refractivity contribution in [3.8, 4) is 0 Å². The minimum absolute atomic E-state index is 0.405. The molecule has 4 nitrogen and oxygen atoms in total. The van der Waals surface area contributed by atoms with E-state index in [1.165, 1.54) is 4.90 Å². The molecule has 1 heterocycles. The summed E-state index contributed by atoms with van der Waals surface area (Å²) in [6.45, 7) is 4.59. The highest BCUT2D eigenvalue weighted by Gasteiger charge is 2.37. The lowest BCUT2D eigenvalue weighted by atomic mass is 10.0. The molecule has 0 unspecified atom stereocenters. The number of aryl methyl sites for hydroxylation is 2. The first-order chi connectivity index (χ1) is 8.07. The molecule has 0 N–H and O–H groups in total. The zero-order chi connectivity index (χ0) is 12.6. The molecule has 90 valence electrons. The van der Waals surface area contributed by atoms with E-state index in [1.807, 2.05) is 26.0 Å². The van der Waals surface area contributed by atoms with E-state index in [0.717, 1.165) is 16.8 Å². The van der Waals surface area contributed by atoms with E-state index < -0.39 is 11.7 Å². The molecule has 0 radical (unpaired) electrons. The topological polar surface area (TPSA) is 46.6 Å². The molecule has 1 amide bonds. The fourth-order valence-corrected chi connectivity index (χ4v) is 2.16. The highest BCUT2D eigenvalue weighted by molar-refractivity contribution is 6.52. The van der Waals surface area contributed by atoms with Crippen LogP contribution in [0.4, 0.5) is 5.69 Å². The molecule has 0 fully saturated rings. The Hall–Kier alpha value is -1.68. The van der Waals surface area contributed by atoms with Gasteiger partial charge in [0, 0.05) is 13.7 Å². The quantitative estimate of drug-likeness (QED) is 0.743. The van der Waals surface area contributed by atoms with E-state index in [2.05, 4.69) is 0 Å². The van der Waals surface area contributed by atoms with E-state index in [9.17, 15) is 9.59 Å². The second kappa shape index (κ2) is 4.30. The third-order valence-electron chi connectivity index (χ3n) is 3.04. The number of hydrogen-bond acceptors (Lipinski definition) is 3. The maximum Gasteiger partial charge on any atom is 0.299 e. The van der Waals surface area contributed by atoms with Gasteiger partial charge in [0.05, 0.1) is 17.9 Å². The number of methoxy groups -OCH3 is 1. The van der Waals surface area contributed by atoms with Gasteiger partial charge in [-0.15, -0.1) is 0 Å². The summed E-state index contributed by atoms with van der Waals surface area (Å²) in [5.74, 6) is -0.855. The molecule has 1 aromatic rings. The Balaban J connectivity index is 2.52. The third kappa shape index (κ3) is 1.74. The summed E-state index contributed by atoms with van der Waals surface area (Å²) in [5.41, 5.74) is 3.09. The number of nitrogens with zero attached hydrogens (tertiary/aromatic N) is 1. The number of carbonyl (C=O) groups is 2. The lowest BCUT2D eigenvalue weighted by molar-refractivity contribution is -0.114. The van der Waals surface area contributed by atoms with Gasteiger partial charge in [-0.1, -0.05) is 12.1 Å². The SMILES string of the molecule is COCCN1C(=O)C(=O)c2c(C)ccc(C)c21. The van der Waals surface area contributed by atoms with Crippen LogP contribution in [0.25, 0.3) is 0 Å². The van der Waals surface area contributed by atoms with Crippen LogP contribution in [0.5, 0.6) is 0 Å². The van der Waals surface area contributed by atoms with Gasteiger partial charge in [-0.3, -0.25) is 9.59 Å². The average molecular weight is 233 g/mol. The first-order valence-electron chi connectivity index (χ1n) is 5.53. The van der Waals surface area contributed by atoms with Gasteiger partial charge in [-0.25, -0.2) is 0 Å². The standard InChI is InChI=1S/C13H15NO3/c1-8-4-5-9(2)11-10(8)12(15)13(16)14(11)6-7-17-3/h4-5H,6-7H2,1-3H3. The molecule has 1 aromatic carbocycles. The fraction of sp³-hybridized carbons (Fsp3) is 0.385. The summed E-state index contributed by atoms with van der Waals surface area (Å²) in [4.78, 5) is 25.3. The number of anilines is 1. The van der Waals surface area contributed by atoms with Crippen LogP contribution in [0.3, 0.4) is 0 Å². The summed E-state index contributed by atoms with van der Waals surface area (Å²) >= 11 is 0. The lowest BCUT2D eigenvalue weighted by Gasteiger charge is -2.18. The summed E-state index contributed by atoms with van der Waals surface area (Å²) in [6.07, 6.45) is 0. The van der Waals surface area contributed by atoms with Crippen molar-refractivity contribution in [2.75, 3.05) is 25.2 Å². The Labute approximate surface area is 100 Å². The maximum absolute atomic E-state index is 11.9. The molecule has 1 aliphatic rings. The van der Waals surface area contributed by atoms with Crippen molar-refractivity contribution in [1.29, 1.82) is 0 Å². The summed E-state index contributed by atoms with van der Waals surface area (Å²) in [5, 5.41) is 0. The maximum atomic E-state index is 11.9. The van der Waals surface area contributed by atoms with Crippen molar-refractivity contribution in [1.82, 2.24) is 0 Å². The van der Waals surface area contributed by atoms with Crippen LogP contribution in [0.2, 0.25) is 0 Å². The van der Waals surface area contributed by atoms with Crippen LogP contribution in [0.15, 0.2) is 12.1 Å². The molecule has 2 rings (SSSR count). The van der Waals surface area contributed by atoms with Crippen molar-refractivity contribution in [3.05, 3.63) is 28.8 Å². The van der Waals surface area contributed by atoms with Crippen molar-refractivity contribution in [2.45, 2.75) is 13.8 Å². The van der Waals surface area contributed by atoms with Gasteiger partial charge in [-0.05, 0) is 25.0 Å². The van der Waals surface area contributed by atoms with Crippen LogP contribution in [-0.4, -0.2) is 32.0 Å². The number of hydrogen-bond donors (Lipinski definition) is 0. The number of rotatable bonds is 3. The number of benzene rings is 1. The van der Waals surface area contributed by atoms with Crippen molar-refractivity contribution >= 4 is 17.4 Å². The molecule has 0 aromatic heterocycles. The molecule has 1 aliphatic heterocycles. The number of Topliss-reactive ketones (excluding diaryl/α,β-unsaturated/α-hetero) is 1. The van der Waals surface area contributed by atoms with E-state index in [-0.39, 0.29) is 0 Å². The fourth-order valence-electron chi connectivity index (χ4n) is 2.16. The van der Waals surface area contributed by atoms with Crippen molar-refractivity contribution < 1.29 is 14.3 Å². The summed E-state index contributed by atoms with van der Waals surface area (Å²) < 4.78 is 4.97. The third-order valence-corrected chi connectivity index (χ3v) is 3.04. The van der Waals surface area contributed by atoms with E-state index in [0.29, 0.717) is 18.7 Å². The van der Waals surface area contributed by atoms with Crippen LogP contribution in [0.1, 0.15) is 21.5 Å². The van der Waals surface area contributed by atoms with Crippen molar-refractivity contribution in [2.24, 2.45) is 0 Å². The van der Waals surface area contributed by atoms with Gasteiger partial charge in [0.2, 0.25) is 0 Å². The molecular weight excluding hydrogens is 218 g/mol. The highest BCUT2D eigenvalue weighted by atomic mass is 16.5. The first kappa shape index (κ1) is 11.8. The smallest absolute Gasteiger partial charge is 0.299 e. The molecule has 0 saturated heterocycles. The molecule has 17 heavy (non-hydrogen) atoms. The number of ether oxygens (including phenoxy) is 1. The lowest BCUT2D eigenvalue weighted by Crippen LogP contribution is -2.32. The number of amides is 1. The Kier molecular flexibility index (Phi) is 2.98. The van der Waals surface area contributed by atoms with Gasteiger partial charge in [-0.2, -0.15) is 0 Å². The van der Waals surface area contributed by atoms with Crippen LogP contribution >= 0.6 is 0 Å². The minimum atomic E-state index is -0.450.